The number of nitrogen functional groups attached to an aromatic ring is 1. The van der Waals surface area contributed by atoms with Crippen LogP contribution in [0, 0.1) is 5.41 Å². The largest absolute Gasteiger partial charge is 0.492 e. The molecular formula is C13H18N2O4. The molecule has 4 N–H and O–H groups in total. The summed E-state index contributed by atoms with van der Waals surface area (Å²) in [4.78, 5) is 22.8. The highest BCUT2D eigenvalue weighted by Gasteiger charge is 2.30. The van der Waals surface area contributed by atoms with Crippen molar-refractivity contribution < 1.29 is 19.1 Å². The maximum Gasteiger partial charge on any atom is 0.314 e. The van der Waals surface area contributed by atoms with E-state index in [2.05, 4.69) is 4.74 Å². The number of amides is 1. The standard InChI is InChI=1S/C13H18N2O4/c1-13(2,12(17)18-3)7-19-10-5-4-8(14)6-9(10)11(15)16/h4-6H,7,14H2,1-3H3,(H2,15,16). The second-order valence-corrected chi connectivity index (χ2v) is 4.78. The summed E-state index contributed by atoms with van der Waals surface area (Å²) < 4.78 is 10.2. The first-order valence-electron chi connectivity index (χ1n) is 5.68. The molecule has 1 aromatic rings. The topological polar surface area (TPSA) is 105 Å². The van der Waals surface area contributed by atoms with Gasteiger partial charge >= 0.3 is 5.97 Å². The van der Waals surface area contributed by atoms with Crippen molar-refractivity contribution in [3.8, 4) is 5.75 Å². The fourth-order valence-electron chi connectivity index (χ4n) is 1.46. The van der Waals surface area contributed by atoms with Crippen LogP contribution in [-0.4, -0.2) is 25.6 Å². The third kappa shape index (κ3) is 3.61. The number of hydrogen-bond donors (Lipinski definition) is 2. The fourth-order valence-corrected chi connectivity index (χ4v) is 1.46. The predicted molar refractivity (Wildman–Crippen MR) is 70.7 cm³/mol. The van der Waals surface area contributed by atoms with Gasteiger partial charge in [-0.25, -0.2) is 0 Å². The van der Waals surface area contributed by atoms with Gasteiger partial charge in [0.05, 0.1) is 18.1 Å². The Kier molecular flexibility index (Phi) is 4.37. The number of nitrogens with two attached hydrogens (primary N) is 2. The Labute approximate surface area is 111 Å². The molecule has 6 nitrogen and oxygen atoms in total. The Morgan fingerprint density at radius 1 is 1.32 bits per heavy atom. The first-order chi connectivity index (χ1) is 8.77. The third-order valence-electron chi connectivity index (χ3n) is 2.60. The van der Waals surface area contributed by atoms with E-state index in [4.69, 9.17) is 16.2 Å². The van der Waals surface area contributed by atoms with Gasteiger partial charge < -0.3 is 20.9 Å². The summed E-state index contributed by atoms with van der Waals surface area (Å²) in [6.45, 7) is 3.42. The van der Waals surface area contributed by atoms with E-state index in [-0.39, 0.29) is 12.2 Å². The van der Waals surface area contributed by atoms with E-state index in [0.29, 0.717) is 11.4 Å². The van der Waals surface area contributed by atoms with Crippen LogP contribution in [0.3, 0.4) is 0 Å². The van der Waals surface area contributed by atoms with Gasteiger partial charge in [-0.3, -0.25) is 9.59 Å². The molecule has 0 radical (unpaired) electrons. The Morgan fingerprint density at radius 3 is 2.47 bits per heavy atom. The molecule has 0 spiro atoms. The maximum absolute atomic E-state index is 11.5. The summed E-state index contributed by atoms with van der Waals surface area (Å²) in [5, 5.41) is 0. The molecule has 0 aliphatic heterocycles. The summed E-state index contributed by atoms with van der Waals surface area (Å²) in [7, 11) is 1.31. The molecule has 0 heterocycles. The van der Waals surface area contributed by atoms with E-state index in [1.165, 1.54) is 13.2 Å². The van der Waals surface area contributed by atoms with E-state index in [1.54, 1.807) is 26.0 Å². The second kappa shape index (κ2) is 5.60. The average molecular weight is 266 g/mol. The molecule has 104 valence electrons. The van der Waals surface area contributed by atoms with Crippen LogP contribution in [0.25, 0.3) is 0 Å². The normalized spacial score (nSPS) is 10.9. The summed E-state index contributed by atoms with van der Waals surface area (Å²) in [6.07, 6.45) is 0. The maximum atomic E-state index is 11.5. The van der Waals surface area contributed by atoms with Gasteiger partial charge in [-0.2, -0.15) is 0 Å². The monoisotopic (exact) mass is 266 g/mol. The number of ether oxygens (including phenoxy) is 2. The van der Waals surface area contributed by atoms with Gasteiger partial charge in [0.2, 0.25) is 0 Å². The lowest BCUT2D eigenvalue weighted by Gasteiger charge is -2.22. The average Bonchev–Trinajstić information content (AvgIpc) is 2.36. The van der Waals surface area contributed by atoms with Gasteiger partial charge in [-0.1, -0.05) is 0 Å². The smallest absolute Gasteiger partial charge is 0.314 e. The minimum atomic E-state index is -0.828. The van der Waals surface area contributed by atoms with Crippen LogP contribution in [0.1, 0.15) is 24.2 Å². The molecule has 0 fully saturated rings. The number of rotatable bonds is 5. The number of carbonyl (C=O) groups is 2. The van der Waals surface area contributed by atoms with Crippen molar-refractivity contribution in [3.05, 3.63) is 23.8 Å². The second-order valence-electron chi connectivity index (χ2n) is 4.78. The molecular weight excluding hydrogens is 248 g/mol. The molecule has 19 heavy (non-hydrogen) atoms. The highest BCUT2D eigenvalue weighted by Crippen LogP contribution is 2.24. The predicted octanol–water partition coefficient (Wildman–Crippen LogP) is 0.946. The minimum Gasteiger partial charge on any atom is -0.492 e. The van der Waals surface area contributed by atoms with Crippen LogP contribution in [0.4, 0.5) is 5.69 Å². The van der Waals surface area contributed by atoms with Gasteiger partial charge in [0.25, 0.3) is 5.91 Å². The van der Waals surface area contributed by atoms with Crippen LogP contribution in [-0.2, 0) is 9.53 Å². The summed E-state index contributed by atoms with van der Waals surface area (Å²) in [6, 6.07) is 4.57. The Hall–Kier alpha value is -2.24. The first kappa shape index (κ1) is 14.8. The van der Waals surface area contributed by atoms with Gasteiger partial charge in [0.15, 0.2) is 0 Å². The van der Waals surface area contributed by atoms with Crippen LogP contribution >= 0.6 is 0 Å². The zero-order valence-corrected chi connectivity index (χ0v) is 11.2. The van der Waals surface area contributed by atoms with Gasteiger partial charge in [0, 0.05) is 5.69 Å². The molecule has 1 rings (SSSR count). The van der Waals surface area contributed by atoms with Crippen molar-refractivity contribution in [2.24, 2.45) is 11.1 Å². The number of esters is 1. The van der Waals surface area contributed by atoms with Crippen molar-refractivity contribution >= 4 is 17.6 Å². The zero-order chi connectivity index (χ0) is 14.6. The number of primary amides is 1. The first-order valence-corrected chi connectivity index (χ1v) is 5.68. The summed E-state index contributed by atoms with van der Waals surface area (Å²) in [5.74, 6) is -0.750. The molecule has 0 saturated carbocycles. The van der Waals surface area contributed by atoms with Crippen molar-refractivity contribution in [2.45, 2.75) is 13.8 Å². The molecule has 1 aromatic carbocycles. The molecule has 1 amide bonds. The number of carbonyl (C=O) groups excluding carboxylic acids is 2. The molecule has 6 heteroatoms. The van der Waals surface area contributed by atoms with E-state index in [0.717, 1.165) is 0 Å². The molecule has 0 atom stereocenters. The number of hydrogen-bond acceptors (Lipinski definition) is 5. The van der Waals surface area contributed by atoms with Gasteiger partial charge in [-0.05, 0) is 32.0 Å². The van der Waals surface area contributed by atoms with E-state index in [1.807, 2.05) is 0 Å². The Morgan fingerprint density at radius 2 is 1.95 bits per heavy atom. The van der Waals surface area contributed by atoms with Crippen molar-refractivity contribution in [1.29, 1.82) is 0 Å². The highest BCUT2D eigenvalue weighted by molar-refractivity contribution is 5.96. The molecule has 0 unspecified atom stereocenters. The van der Waals surface area contributed by atoms with E-state index in [9.17, 15) is 9.59 Å². The summed E-state index contributed by atoms with van der Waals surface area (Å²) >= 11 is 0. The van der Waals surface area contributed by atoms with E-state index < -0.39 is 17.3 Å². The number of methoxy groups -OCH3 is 1. The third-order valence-corrected chi connectivity index (χ3v) is 2.60. The van der Waals surface area contributed by atoms with Crippen molar-refractivity contribution in [2.75, 3.05) is 19.5 Å². The molecule has 0 aliphatic rings. The SMILES string of the molecule is COC(=O)C(C)(C)COc1ccc(N)cc1C(N)=O. The van der Waals surface area contributed by atoms with Crippen LogP contribution in [0.15, 0.2) is 18.2 Å². The Balaban J connectivity index is 2.89. The van der Waals surface area contributed by atoms with Gasteiger partial charge in [-0.15, -0.1) is 0 Å². The molecule has 0 aliphatic carbocycles. The lowest BCUT2D eigenvalue weighted by atomic mass is 9.95. The van der Waals surface area contributed by atoms with Crippen molar-refractivity contribution in [1.82, 2.24) is 0 Å². The van der Waals surface area contributed by atoms with Crippen molar-refractivity contribution in [3.63, 3.8) is 0 Å². The zero-order valence-electron chi connectivity index (χ0n) is 11.2. The van der Waals surface area contributed by atoms with E-state index >= 15 is 0 Å². The highest BCUT2D eigenvalue weighted by atomic mass is 16.5. The molecule has 0 saturated heterocycles. The quantitative estimate of drug-likeness (QED) is 0.609. The number of benzene rings is 1. The van der Waals surface area contributed by atoms with Crippen LogP contribution in [0.2, 0.25) is 0 Å². The Bertz CT molecular complexity index is 497. The fraction of sp³-hybridized carbons (Fsp3) is 0.385. The molecule has 0 bridgehead atoms. The van der Waals surface area contributed by atoms with Gasteiger partial charge in [0.1, 0.15) is 12.4 Å². The van der Waals surface area contributed by atoms with Crippen LogP contribution < -0.4 is 16.2 Å². The minimum absolute atomic E-state index is 0.0594. The number of anilines is 1. The lowest BCUT2D eigenvalue weighted by molar-refractivity contribution is -0.152. The molecule has 0 aromatic heterocycles. The lowest BCUT2D eigenvalue weighted by Crippen LogP contribution is -2.32. The summed E-state index contributed by atoms with van der Waals surface area (Å²) in [5.41, 5.74) is 10.6. The van der Waals surface area contributed by atoms with Crippen LogP contribution in [0.5, 0.6) is 5.75 Å².